The van der Waals surface area contributed by atoms with Crippen LogP contribution in [0, 0.1) is 5.92 Å². The highest BCUT2D eigenvalue weighted by molar-refractivity contribution is 7.89. The first-order valence-electron chi connectivity index (χ1n) is 9.55. The van der Waals surface area contributed by atoms with Gasteiger partial charge in [0.15, 0.2) is 6.61 Å². The largest absolute Gasteiger partial charge is 0.497 e. The fourth-order valence-electron chi connectivity index (χ4n) is 2.62. The average molecular weight is 464 g/mol. The van der Waals surface area contributed by atoms with E-state index in [1.807, 2.05) is 0 Å². The van der Waals surface area contributed by atoms with Crippen molar-refractivity contribution in [2.75, 3.05) is 19.0 Å². The summed E-state index contributed by atoms with van der Waals surface area (Å²) >= 11 is 0. The smallest absolute Gasteiger partial charge is 0.329 e. The third kappa shape index (κ3) is 7.06. The number of amides is 2. The molecule has 2 amide bonds. The summed E-state index contributed by atoms with van der Waals surface area (Å²) in [7, 11) is -2.33. The maximum Gasteiger partial charge on any atom is 0.329 e. The van der Waals surface area contributed by atoms with E-state index in [1.54, 1.807) is 38.1 Å². The lowest BCUT2D eigenvalue weighted by molar-refractivity contribution is -0.150. The van der Waals surface area contributed by atoms with E-state index in [0.29, 0.717) is 17.0 Å². The first-order chi connectivity index (χ1) is 15.0. The van der Waals surface area contributed by atoms with Crippen LogP contribution in [0.15, 0.2) is 53.4 Å². The monoisotopic (exact) mass is 463 g/mol. The molecule has 1 atom stereocenters. The highest BCUT2D eigenvalue weighted by atomic mass is 32.2. The molecule has 4 N–H and O–H groups in total. The maximum absolute atomic E-state index is 12.5. The number of ether oxygens (including phenoxy) is 2. The molecule has 2 rings (SSSR count). The third-order valence-corrected chi connectivity index (χ3v) is 5.30. The van der Waals surface area contributed by atoms with Crippen LogP contribution in [0.1, 0.15) is 24.2 Å². The van der Waals surface area contributed by atoms with Crippen molar-refractivity contribution in [1.82, 2.24) is 5.32 Å². The molecule has 0 spiro atoms. The number of carbonyl (C=O) groups excluding carboxylic acids is 3. The Morgan fingerprint density at radius 1 is 1.00 bits per heavy atom. The second-order valence-electron chi connectivity index (χ2n) is 7.15. The van der Waals surface area contributed by atoms with Crippen molar-refractivity contribution >= 4 is 33.5 Å². The SMILES string of the molecule is COc1ccc(C(=O)NC(C(=O)OCC(=O)Nc2ccc(S(N)(=O)=O)cc2)C(C)C)cc1. The number of benzene rings is 2. The molecule has 0 aromatic heterocycles. The molecule has 0 bridgehead atoms. The Labute approximate surface area is 186 Å². The molecule has 0 heterocycles. The van der Waals surface area contributed by atoms with Crippen LogP contribution in [-0.4, -0.2) is 46.0 Å². The molecule has 2 aromatic carbocycles. The molecular weight excluding hydrogens is 438 g/mol. The number of nitrogens with two attached hydrogens (primary N) is 1. The number of primary sulfonamides is 1. The van der Waals surface area contributed by atoms with Crippen molar-refractivity contribution in [2.45, 2.75) is 24.8 Å². The summed E-state index contributed by atoms with van der Waals surface area (Å²) in [4.78, 5) is 36.9. The summed E-state index contributed by atoms with van der Waals surface area (Å²) in [6.45, 7) is 2.87. The van der Waals surface area contributed by atoms with Gasteiger partial charge in [-0.2, -0.15) is 0 Å². The van der Waals surface area contributed by atoms with Gasteiger partial charge in [-0.15, -0.1) is 0 Å². The van der Waals surface area contributed by atoms with Crippen LogP contribution in [0.3, 0.4) is 0 Å². The molecule has 0 fully saturated rings. The van der Waals surface area contributed by atoms with Gasteiger partial charge < -0.3 is 20.1 Å². The van der Waals surface area contributed by atoms with E-state index in [9.17, 15) is 22.8 Å². The zero-order valence-corrected chi connectivity index (χ0v) is 18.6. The molecule has 0 aliphatic rings. The molecule has 172 valence electrons. The van der Waals surface area contributed by atoms with E-state index in [4.69, 9.17) is 14.6 Å². The lowest BCUT2D eigenvalue weighted by Crippen LogP contribution is -2.45. The van der Waals surface area contributed by atoms with Crippen molar-refractivity contribution in [2.24, 2.45) is 11.1 Å². The van der Waals surface area contributed by atoms with Gasteiger partial charge in [-0.3, -0.25) is 9.59 Å². The van der Waals surface area contributed by atoms with Gasteiger partial charge in [0, 0.05) is 11.3 Å². The van der Waals surface area contributed by atoms with E-state index in [1.165, 1.54) is 31.4 Å². The molecular formula is C21H25N3O7S. The summed E-state index contributed by atoms with van der Waals surface area (Å²) in [6.07, 6.45) is 0. The van der Waals surface area contributed by atoms with Gasteiger partial charge >= 0.3 is 5.97 Å². The Hall–Kier alpha value is -3.44. The van der Waals surface area contributed by atoms with Gasteiger partial charge in [-0.05, 0) is 54.4 Å². The van der Waals surface area contributed by atoms with Crippen LogP contribution in [0.25, 0.3) is 0 Å². The lowest BCUT2D eigenvalue weighted by Gasteiger charge is -2.21. The zero-order chi connectivity index (χ0) is 23.9. The van der Waals surface area contributed by atoms with Gasteiger partial charge in [0.1, 0.15) is 11.8 Å². The minimum atomic E-state index is -3.84. The molecule has 32 heavy (non-hydrogen) atoms. The molecule has 0 radical (unpaired) electrons. The number of hydrogen-bond acceptors (Lipinski definition) is 7. The van der Waals surface area contributed by atoms with E-state index >= 15 is 0 Å². The Balaban J connectivity index is 1.92. The number of hydrogen-bond donors (Lipinski definition) is 3. The number of anilines is 1. The first-order valence-corrected chi connectivity index (χ1v) is 11.1. The van der Waals surface area contributed by atoms with Crippen molar-refractivity contribution < 1.29 is 32.3 Å². The van der Waals surface area contributed by atoms with E-state index in [0.717, 1.165) is 0 Å². The standard InChI is InChI=1S/C21H25N3O7S/c1-13(2)19(24-20(26)14-4-8-16(30-3)9-5-14)21(27)31-12-18(25)23-15-6-10-17(11-7-15)32(22,28)29/h4-11,13,19H,12H2,1-3H3,(H,23,25)(H,24,26)(H2,22,28,29). The first kappa shape index (κ1) is 24.8. The van der Waals surface area contributed by atoms with Crippen LogP contribution in [0.5, 0.6) is 5.75 Å². The van der Waals surface area contributed by atoms with Crippen LogP contribution in [0.4, 0.5) is 5.69 Å². The predicted molar refractivity (Wildman–Crippen MR) is 116 cm³/mol. The highest BCUT2D eigenvalue weighted by Crippen LogP contribution is 2.14. The number of carbonyl (C=O) groups is 3. The predicted octanol–water partition coefficient (Wildman–Crippen LogP) is 1.28. The van der Waals surface area contributed by atoms with Crippen LogP contribution in [0.2, 0.25) is 0 Å². The lowest BCUT2D eigenvalue weighted by atomic mass is 10.0. The van der Waals surface area contributed by atoms with Crippen molar-refractivity contribution in [3.05, 3.63) is 54.1 Å². The second-order valence-corrected chi connectivity index (χ2v) is 8.71. The van der Waals surface area contributed by atoms with Crippen molar-refractivity contribution in [1.29, 1.82) is 0 Å². The van der Waals surface area contributed by atoms with Crippen LogP contribution >= 0.6 is 0 Å². The van der Waals surface area contributed by atoms with E-state index in [2.05, 4.69) is 10.6 Å². The number of esters is 1. The summed E-state index contributed by atoms with van der Waals surface area (Å²) in [6, 6.07) is 10.6. The molecule has 10 nitrogen and oxygen atoms in total. The molecule has 2 aromatic rings. The van der Waals surface area contributed by atoms with Gasteiger partial charge in [-0.25, -0.2) is 18.4 Å². The Bertz CT molecular complexity index is 1070. The summed E-state index contributed by atoms with van der Waals surface area (Å²) in [5.41, 5.74) is 0.636. The van der Waals surface area contributed by atoms with E-state index in [-0.39, 0.29) is 10.8 Å². The number of nitrogens with one attached hydrogen (secondary N) is 2. The molecule has 0 aliphatic heterocycles. The summed E-state index contributed by atoms with van der Waals surface area (Å²) in [5, 5.41) is 10.1. The molecule has 0 saturated heterocycles. The van der Waals surface area contributed by atoms with Crippen molar-refractivity contribution in [3.8, 4) is 5.75 Å². The van der Waals surface area contributed by atoms with Gasteiger partial charge in [-0.1, -0.05) is 13.8 Å². The fraction of sp³-hybridized carbons (Fsp3) is 0.286. The molecule has 0 aliphatic carbocycles. The van der Waals surface area contributed by atoms with Crippen molar-refractivity contribution in [3.63, 3.8) is 0 Å². The normalized spacial score (nSPS) is 12.0. The number of methoxy groups -OCH3 is 1. The molecule has 1 unspecified atom stereocenters. The van der Waals surface area contributed by atoms with Crippen LogP contribution in [-0.2, 0) is 24.3 Å². The highest BCUT2D eigenvalue weighted by Gasteiger charge is 2.27. The van der Waals surface area contributed by atoms with Gasteiger partial charge in [0.2, 0.25) is 10.0 Å². The maximum atomic E-state index is 12.5. The zero-order valence-electron chi connectivity index (χ0n) is 17.8. The van der Waals surface area contributed by atoms with Gasteiger partial charge in [0.05, 0.1) is 12.0 Å². The topological polar surface area (TPSA) is 154 Å². The molecule has 11 heteroatoms. The average Bonchev–Trinajstić information content (AvgIpc) is 2.75. The molecule has 0 saturated carbocycles. The van der Waals surface area contributed by atoms with E-state index < -0.39 is 40.5 Å². The summed E-state index contributed by atoms with van der Waals surface area (Å²) in [5.74, 6) is -1.57. The minimum Gasteiger partial charge on any atom is -0.497 e. The number of sulfonamides is 1. The third-order valence-electron chi connectivity index (χ3n) is 4.37. The Morgan fingerprint density at radius 3 is 2.09 bits per heavy atom. The Morgan fingerprint density at radius 2 is 1.59 bits per heavy atom. The minimum absolute atomic E-state index is 0.102. The second kappa shape index (κ2) is 10.7. The summed E-state index contributed by atoms with van der Waals surface area (Å²) < 4.78 is 32.6. The fourth-order valence-corrected chi connectivity index (χ4v) is 3.13. The number of rotatable bonds is 9. The Kier molecular flexibility index (Phi) is 8.33. The van der Waals surface area contributed by atoms with Crippen LogP contribution < -0.4 is 20.5 Å². The van der Waals surface area contributed by atoms with Gasteiger partial charge in [0.25, 0.3) is 11.8 Å². The quantitative estimate of drug-likeness (QED) is 0.473.